The van der Waals surface area contributed by atoms with Crippen LogP contribution in [0.25, 0.3) is 0 Å². The number of carbonyl (C=O) groups excluding carboxylic acids is 2. The third-order valence-electron chi connectivity index (χ3n) is 3.78. The molecule has 0 aliphatic carbocycles. The van der Waals surface area contributed by atoms with Gasteiger partial charge in [0.15, 0.2) is 6.61 Å². The Hall–Kier alpha value is -2.83. The molecule has 0 fully saturated rings. The molecule has 0 aliphatic rings. The van der Waals surface area contributed by atoms with Crippen molar-refractivity contribution in [2.75, 3.05) is 18.5 Å². The molecule has 7 heteroatoms. The summed E-state index contributed by atoms with van der Waals surface area (Å²) in [5, 5.41) is 9.54. The number of aryl methyl sites for hydroxylation is 4. The standard InChI is InChI=1S/C18H24N4O3/c1-11-6-12(2)8-15(7-11)25-10-17(24)19-9-16(23)20-18-13(3)21-22(5)14(18)4/h6-8H,9-10H2,1-5H3,(H,19,24)(H,20,23). The van der Waals surface area contributed by atoms with Crippen molar-refractivity contribution < 1.29 is 14.3 Å². The summed E-state index contributed by atoms with van der Waals surface area (Å²) in [6.45, 7) is 7.36. The number of hydrogen-bond donors (Lipinski definition) is 2. The number of amides is 2. The van der Waals surface area contributed by atoms with Crippen molar-refractivity contribution in [1.82, 2.24) is 15.1 Å². The van der Waals surface area contributed by atoms with Gasteiger partial charge in [-0.2, -0.15) is 5.10 Å². The Bertz CT molecular complexity index is 776. The minimum Gasteiger partial charge on any atom is -0.484 e. The molecule has 1 heterocycles. The van der Waals surface area contributed by atoms with Gasteiger partial charge in [0.1, 0.15) is 5.75 Å². The molecule has 0 radical (unpaired) electrons. The number of nitrogens with one attached hydrogen (secondary N) is 2. The summed E-state index contributed by atoms with van der Waals surface area (Å²) in [5.41, 5.74) is 4.40. The summed E-state index contributed by atoms with van der Waals surface area (Å²) in [4.78, 5) is 23.8. The summed E-state index contributed by atoms with van der Waals surface area (Å²) in [7, 11) is 1.81. The number of anilines is 1. The molecular weight excluding hydrogens is 320 g/mol. The van der Waals surface area contributed by atoms with Gasteiger partial charge in [-0.25, -0.2) is 0 Å². The van der Waals surface area contributed by atoms with E-state index in [2.05, 4.69) is 15.7 Å². The lowest BCUT2D eigenvalue weighted by Gasteiger charge is -2.09. The molecule has 0 unspecified atom stereocenters. The van der Waals surface area contributed by atoms with E-state index in [1.54, 1.807) is 4.68 Å². The van der Waals surface area contributed by atoms with E-state index in [1.165, 1.54) is 0 Å². The van der Waals surface area contributed by atoms with Crippen molar-refractivity contribution in [3.8, 4) is 5.75 Å². The van der Waals surface area contributed by atoms with Crippen molar-refractivity contribution in [1.29, 1.82) is 0 Å². The number of rotatable bonds is 6. The highest BCUT2D eigenvalue weighted by Crippen LogP contribution is 2.18. The van der Waals surface area contributed by atoms with E-state index < -0.39 is 0 Å². The van der Waals surface area contributed by atoms with Crippen molar-refractivity contribution >= 4 is 17.5 Å². The molecule has 1 aromatic heterocycles. The molecule has 0 saturated carbocycles. The third-order valence-corrected chi connectivity index (χ3v) is 3.78. The first-order valence-electron chi connectivity index (χ1n) is 8.04. The summed E-state index contributed by atoms with van der Waals surface area (Å²) in [6, 6.07) is 5.75. The average molecular weight is 344 g/mol. The van der Waals surface area contributed by atoms with E-state index in [0.717, 1.165) is 22.5 Å². The molecule has 0 aliphatic heterocycles. The highest BCUT2D eigenvalue weighted by Gasteiger charge is 2.13. The topological polar surface area (TPSA) is 85.2 Å². The molecule has 2 amide bonds. The summed E-state index contributed by atoms with van der Waals surface area (Å²) >= 11 is 0. The van der Waals surface area contributed by atoms with E-state index in [4.69, 9.17) is 4.74 Å². The molecule has 0 atom stereocenters. The highest BCUT2D eigenvalue weighted by atomic mass is 16.5. The molecule has 0 saturated heterocycles. The van der Waals surface area contributed by atoms with Gasteiger partial charge in [0.25, 0.3) is 5.91 Å². The predicted molar refractivity (Wildman–Crippen MR) is 95.7 cm³/mol. The van der Waals surface area contributed by atoms with Gasteiger partial charge in [-0.3, -0.25) is 14.3 Å². The maximum Gasteiger partial charge on any atom is 0.258 e. The molecule has 7 nitrogen and oxygen atoms in total. The molecule has 0 bridgehead atoms. The fourth-order valence-corrected chi connectivity index (χ4v) is 2.53. The maximum atomic E-state index is 12.0. The predicted octanol–water partition coefficient (Wildman–Crippen LogP) is 1.79. The van der Waals surface area contributed by atoms with E-state index in [1.807, 2.05) is 52.9 Å². The zero-order valence-electron chi connectivity index (χ0n) is 15.3. The molecule has 25 heavy (non-hydrogen) atoms. The van der Waals surface area contributed by atoms with Gasteiger partial charge in [0.2, 0.25) is 5.91 Å². The quantitative estimate of drug-likeness (QED) is 0.837. The van der Waals surface area contributed by atoms with E-state index in [-0.39, 0.29) is 25.0 Å². The van der Waals surface area contributed by atoms with Gasteiger partial charge in [0.05, 0.1) is 23.6 Å². The fraction of sp³-hybridized carbons (Fsp3) is 0.389. The van der Waals surface area contributed by atoms with Crippen molar-refractivity contribution in [2.45, 2.75) is 27.7 Å². The second kappa shape index (κ2) is 7.83. The van der Waals surface area contributed by atoms with Gasteiger partial charge >= 0.3 is 0 Å². The Kier molecular flexibility index (Phi) is 5.80. The average Bonchev–Trinajstić information content (AvgIpc) is 2.76. The number of benzene rings is 1. The lowest BCUT2D eigenvalue weighted by molar-refractivity contribution is -0.125. The van der Waals surface area contributed by atoms with E-state index in [9.17, 15) is 9.59 Å². The molecule has 134 valence electrons. The lowest BCUT2D eigenvalue weighted by Crippen LogP contribution is -2.36. The summed E-state index contributed by atoms with van der Waals surface area (Å²) in [5.74, 6) is -0.0217. The Labute approximate surface area is 147 Å². The first kappa shape index (κ1) is 18.5. The Morgan fingerprint density at radius 2 is 1.72 bits per heavy atom. The number of hydrogen-bond acceptors (Lipinski definition) is 4. The monoisotopic (exact) mass is 344 g/mol. The zero-order valence-corrected chi connectivity index (χ0v) is 15.3. The Morgan fingerprint density at radius 1 is 1.08 bits per heavy atom. The Balaban J connectivity index is 1.80. The van der Waals surface area contributed by atoms with Crippen LogP contribution < -0.4 is 15.4 Å². The van der Waals surface area contributed by atoms with Crippen molar-refractivity contribution in [2.24, 2.45) is 7.05 Å². The van der Waals surface area contributed by atoms with Crippen LogP contribution in [0.15, 0.2) is 18.2 Å². The molecular formula is C18H24N4O3. The number of nitrogens with zero attached hydrogens (tertiary/aromatic N) is 2. The third kappa shape index (κ3) is 5.07. The number of carbonyl (C=O) groups is 2. The smallest absolute Gasteiger partial charge is 0.258 e. The Morgan fingerprint density at radius 3 is 2.28 bits per heavy atom. The minimum atomic E-state index is -0.353. The zero-order chi connectivity index (χ0) is 18.6. The summed E-state index contributed by atoms with van der Waals surface area (Å²) < 4.78 is 7.16. The van der Waals surface area contributed by atoms with Gasteiger partial charge < -0.3 is 15.4 Å². The van der Waals surface area contributed by atoms with E-state index >= 15 is 0 Å². The van der Waals surface area contributed by atoms with Gasteiger partial charge in [-0.1, -0.05) is 6.07 Å². The van der Waals surface area contributed by atoms with Crippen LogP contribution in [0.5, 0.6) is 5.75 Å². The second-order valence-electron chi connectivity index (χ2n) is 6.11. The second-order valence-corrected chi connectivity index (χ2v) is 6.11. The number of aromatic nitrogens is 2. The van der Waals surface area contributed by atoms with Crippen LogP contribution in [0.4, 0.5) is 5.69 Å². The van der Waals surface area contributed by atoms with Gasteiger partial charge in [0, 0.05) is 7.05 Å². The van der Waals surface area contributed by atoms with Crippen LogP contribution in [-0.2, 0) is 16.6 Å². The van der Waals surface area contributed by atoms with Crippen molar-refractivity contribution in [3.63, 3.8) is 0 Å². The van der Waals surface area contributed by atoms with Crippen molar-refractivity contribution in [3.05, 3.63) is 40.7 Å². The van der Waals surface area contributed by atoms with Crippen LogP contribution in [0.3, 0.4) is 0 Å². The highest BCUT2D eigenvalue weighted by molar-refractivity contribution is 5.95. The van der Waals surface area contributed by atoms with Crippen LogP contribution >= 0.6 is 0 Å². The molecule has 2 N–H and O–H groups in total. The molecule has 2 rings (SSSR count). The minimum absolute atomic E-state index is 0.122. The first-order chi connectivity index (χ1) is 11.8. The van der Waals surface area contributed by atoms with Crippen LogP contribution in [-0.4, -0.2) is 34.7 Å². The van der Waals surface area contributed by atoms with Gasteiger partial charge in [-0.05, 0) is 51.0 Å². The van der Waals surface area contributed by atoms with Crippen LogP contribution in [0, 0.1) is 27.7 Å². The first-order valence-corrected chi connectivity index (χ1v) is 8.04. The molecule has 1 aromatic carbocycles. The van der Waals surface area contributed by atoms with E-state index in [0.29, 0.717) is 11.4 Å². The summed E-state index contributed by atoms with van der Waals surface area (Å²) in [6.07, 6.45) is 0. The molecule has 2 aromatic rings. The van der Waals surface area contributed by atoms with Crippen LogP contribution in [0.2, 0.25) is 0 Å². The normalized spacial score (nSPS) is 10.4. The largest absolute Gasteiger partial charge is 0.484 e. The van der Waals surface area contributed by atoms with Gasteiger partial charge in [-0.15, -0.1) is 0 Å². The SMILES string of the molecule is Cc1cc(C)cc(OCC(=O)NCC(=O)Nc2c(C)nn(C)c2C)c1. The fourth-order valence-electron chi connectivity index (χ4n) is 2.53. The molecule has 0 spiro atoms. The number of ether oxygens (including phenoxy) is 1. The van der Waals surface area contributed by atoms with Crippen LogP contribution in [0.1, 0.15) is 22.5 Å². The lowest BCUT2D eigenvalue weighted by atomic mass is 10.1. The maximum absolute atomic E-state index is 12.0.